The number of aliphatic hydroxyl groups is 2. The molecule has 50 heavy (non-hydrogen) atoms. The highest BCUT2D eigenvalue weighted by molar-refractivity contribution is 6.34. The Balaban J connectivity index is 0.000000182. The lowest BCUT2D eigenvalue weighted by Gasteiger charge is -2.27. The topological polar surface area (TPSA) is 224 Å². The van der Waals surface area contributed by atoms with Gasteiger partial charge in [0.05, 0.1) is 24.8 Å². The maximum atomic E-state index is 16.0. The molecule has 6 N–H and O–H groups in total. The van der Waals surface area contributed by atoms with E-state index >= 15 is 4.39 Å². The number of halogens is 4. The van der Waals surface area contributed by atoms with Crippen molar-refractivity contribution in [3.05, 3.63) is 58.9 Å². The molecule has 8 atom stereocenters. The highest BCUT2D eigenvalue weighted by Gasteiger charge is 2.58. The fraction of sp³-hybridized carbons (Fsp3) is 0.433. The number of ether oxygens (including phenoxy) is 3. The largest absolute Gasteiger partial charge is 0.452 e. The Morgan fingerprint density at radius 1 is 0.900 bits per heavy atom. The molecule has 0 amide bonds. The Hall–Kier alpha value is -4.33. The summed E-state index contributed by atoms with van der Waals surface area (Å²) in [5.41, 5.74) is 8.27. The van der Waals surface area contributed by atoms with E-state index in [1.807, 2.05) is 6.92 Å². The van der Waals surface area contributed by atoms with Crippen LogP contribution in [0.1, 0.15) is 50.0 Å². The number of aromatic nitrogens is 8. The number of rotatable bonds is 6. The van der Waals surface area contributed by atoms with Crippen LogP contribution in [0.3, 0.4) is 0 Å². The van der Waals surface area contributed by atoms with Crippen LogP contribution in [0.25, 0.3) is 22.3 Å². The second kappa shape index (κ2) is 13.4. The molecule has 266 valence electrons. The summed E-state index contributed by atoms with van der Waals surface area (Å²) >= 11 is 12.0. The molecule has 16 nitrogen and oxygen atoms in total. The Morgan fingerprint density at radius 2 is 1.40 bits per heavy atom. The summed E-state index contributed by atoms with van der Waals surface area (Å²) in [4.78, 5) is 36.4. The van der Waals surface area contributed by atoms with Crippen molar-refractivity contribution in [2.24, 2.45) is 0 Å². The third-order valence-electron chi connectivity index (χ3n) is 8.52. The highest BCUT2D eigenvalue weighted by Crippen LogP contribution is 2.46. The van der Waals surface area contributed by atoms with Crippen LogP contribution in [-0.2, 0) is 14.2 Å². The summed E-state index contributed by atoms with van der Waals surface area (Å²) in [5, 5.41) is 19.1. The van der Waals surface area contributed by atoms with E-state index in [1.165, 1.54) is 35.6 Å². The third kappa shape index (κ3) is 6.15. The van der Waals surface area contributed by atoms with Gasteiger partial charge in [0.2, 0.25) is 11.9 Å². The fourth-order valence-electron chi connectivity index (χ4n) is 5.97. The molecule has 0 aliphatic carbocycles. The summed E-state index contributed by atoms with van der Waals surface area (Å²) in [6.45, 7) is 3.82. The zero-order valence-electron chi connectivity index (χ0n) is 26.7. The van der Waals surface area contributed by atoms with Crippen molar-refractivity contribution >= 4 is 63.4 Å². The number of fused-ring (bicyclic) bond motifs is 2. The molecule has 20 heteroatoms. The molecular formula is C30H32Cl2F2N10O6. The van der Waals surface area contributed by atoms with E-state index < -0.39 is 60.8 Å². The Kier molecular flexibility index (Phi) is 9.53. The van der Waals surface area contributed by atoms with E-state index in [0.717, 1.165) is 0 Å². The number of hydrogen-bond donors (Lipinski definition) is 4. The van der Waals surface area contributed by atoms with E-state index in [9.17, 15) is 14.3 Å². The number of carbonyl (C=O) groups is 1. The number of nitrogens with zero attached hydrogens (tertiary/aromatic N) is 8. The molecule has 1 aromatic carbocycles. The molecular weight excluding hydrogens is 705 g/mol. The number of carbonyl (C=O) groups excluding carboxylic acids is 1. The average molecular weight is 738 g/mol. The molecule has 0 unspecified atom stereocenters. The Bertz CT molecular complexity index is 2030. The summed E-state index contributed by atoms with van der Waals surface area (Å²) in [5.74, 6) is -0.777. The molecule has 0 spiro atoms. The minimum Gasteiger partial charge on any atom is -0.452 e. The number of aliphatic hydroxyl groups excluding tert-OH is 2. The zero-order valence-corrected chi connectivity index (χ0v) is 28.2. The van der Waals surface area contributed by atoms with Crippen molar-refractivity contribution in [3.63, 3.8) is 0 Å². The number of anilines is 2. The van der Waals surface area contributed by atoms with E-state index in [4.69, 9.17) is 54.0 Å². The highest BCUT2D eigenvalue weighted by atomic mass is 35.5. The normalized spacial score (nSPS) is 29.3. The quantitative estimate of drug-likeness (QED) is 0.145. The first-order valence-corrected chi connectivity index (χ1v) is 16.0. The zero-order chi connectivity index (χ0) is 36.1. The van der Waals surface area contributed by atoms with Crippen LogP contribution < -0.4 is 11.5 Å². The summed E-state index contributed by atoms with van der Waals surface area (Å²) in [6.07, 6.45) is -3.60. The van der Waals surface area contributed by atoms with Gasteiger partial charge >= 0.3 is 5.97 Å². The van der Waals surface area contributed by atoms with Gasteiger partial charge in [-0.25, -0.2) is 23.5 Å². The second-order valence-corrected chi connectivity index (χ2v) is 12.7. The van der Waals surface area contributed by atoms with E-state index in [1.54, 1.807) is 30.3 Å². The number of nitrogens with two attached hydrogens (primary N) is 2. The lowest BCUT2D eigenvalue weighted by Crippen LogP contribution is -2.42. The lowest BCUT2D eigenvalue weighted by molar-refractivity contribution is -0.0566. The van der Waals surface area contributed by atoms with E-state index in [0.29, 0.717) is 12.0 Å². The molecule has 2 saturated heterocycles. The SMILES string of the molecule is CC[C@H]1O[C@@H](n2cnc3c(Cl)nc(N)nc32)[C@](C)(F)[C@@H]1OC(=O)c1ccccc1.C[C@@]1(F)[C@H](O)[C@@H](CO)O[C@H]1n1cnc2c(Cl)nc(N)nc21. The van der Waals surface area contributed by atoms with Crippen LogP contribution >= 0.6 is 23.2 Å². The molecule has 6 heterocycles. The Morgan fingerprint density at radius 3 is 1.88 bits per heavy atom. The minimum absolute atomic E-state index is 0.0362. The van der Waals surface area contributed by atoms with Crippen LogP contribution in [0.5, 0.6) is 0 Å². The molecule has 5 aromatic rings. The van der Waals surface area contributed by atoms with Gasteiger partial charge in [-0.3, -0.25) is 9.13 Å². The number of esters is 1. The van der Waals surface area contributed by atoms with E-state index in [-0.39, 0.29) is 44.5 Å². The smallest absolute Gasteiger partial charge is 0.338 e. The standard InChI is InChI=1S/C19H19ClFN5O3.C11H13ClFN5O3/c1-3-11-13(29-16(27)10-7-5-4-6-8-10)19(2,21)17(28-11)26-9-23-12-14(20)24-18(22)25-15(12)26;1-11(13)6(20)4(2-19)21-9(11)18-3-15-5-7(12)16-10(14)17-8(5)18/h4-9,11,13,17H,3H2,1-2H3,(H2,22,24,25);3-4,6,9,19-20H,2H2,1H3,(H2,14,16,17)/t11-,13-,17-,19-;4-,6-,9-,11-/m11/s1. The van der Waals surface area contributed by atoms with Crippen molar-refractivity contribution in [2.45, 2.75) is 75.4 Å². The van der Waals surface area contributed by atoms with Gasteiger partial charge in [0.15, 0.2) is 51.5 Å². The van der Waals surface area contributed by atoms with Crippen LogP contribution in [0.2, 0.25) is 10.3 Å². The number of hydrogen-bond acceptors (Lipinski definition) is 14. The first-order chi connectivity index (χ1) is 23.7. The Labute approximate surface area is 292 Å². The fourth-order valence-corrected chi connectivity index (χ4v) is 6.41. The van der Waals surface area contributed by atoms with Crippen molar-refractivity contribution in [3.8, 4) is 0 Å². The van der Waals surface area contributed by atoms with Crippen molar-refractivity contribution < 1.29 is 38.0 Å². The van der Waals surface area contributed by atoms with Gasteiger partial charge < -0.3 is 35.9 Å². The van der Waals surface area contributed by atoms with Crippen molar-refractivity contribution in [2.75, 3.05) is 18.1 Å². The summed E-state index contributed by atoms with van der Waals surface area (Å²) in [6, 6.07) is 8.42. The van der Waals surface area contributed by atoms with Crippen LogP contribution in [0, 0.1) is 0 Å². The average Bonchev–Trinajstić information content (AvgIpc) is 3.80. The number of benzene rings is 1. The van der Waals surface area contributed by atoms with Crippen molar-refractivity contribution in [1.29, 1.82) is 0 Å². The van der Waals surface area contributed by atoms with Crippen molar-refractivity contribution in [1.82, 2.24) is 39.0 Å². The maximum Gasteiger partial charge on any atom is 0.338 e. The minimum atomic E-state index is -2.15. The molecule has 4 aromatic heterocycles. The first kappa shape index (κ1) is 35.5. The predicted molar refractivity (Wildman–Crippen MR) is 175 cm³/mol. The molecule has 2 aliphatic heterocycles. The van der Waals surface area contributed by atoms with Gasteiger partial charge in [0.25, 0.3) is 0 Å². The van der Waals surface area contributed by atoms with Gasteiger partial charge in [-0.2, -0.15) is 19.9 Å². The van der Waals surface area contributed by atoms with Gasteiger partial charge in [0.1, 0.15) is 29.3 Å². The first-order valence-electron chi connectivity index (χ1n) is 15.2. The summed E-state index contributed by atoms with van der Waals surface area (Å²) in [7, 11) is 0. The number of alkyl halides is 2. The molecule has 0 saturated carbocycles. The maximum absolute atomic E-state index is 16.0. The van der Waals surface area contributed by atoms with Gasteiger partial charge in [-0.15, -0.1) is 0 Å². The summed E-state index contributed by atoms with van der Waals surface area (Å²) < 4.78 is 50.3. The second-order valence-electron chi connectivity index (χ2n) is 12.0. The third-order valence-corrected chi connectivity index (χ3v) is 9.05. The lowest BCUT2D eigenvalue weighted by atomic mass is 9.96. The molecule has 2 fully saturated rings. The van der Waals surface area contributed by atoms with Gasteiger partial charge in [0, 0.05) is 0 Å². The molecule has 0 bridgehead atoms. The monoisotopic (exact) mass is 736 g/mol. The molecule has 7 rings (SSSR count). The predicted octanol–water partition coefficient (Wildman–Crippen LogP) is 3.36. The molecule has 0 radical (unpaired) electrons. The molecule has 2 aliphatic rings. The number of nitrogen functional groups attached to an aromatic ring is 2. The van der Waals surface area contributed by atoms with Crippen LogP contribution in [-0.4, -0.2) is 97.6 Å². The van der Waals surface area contributed by atoms with Crippen LogP contribution in [0.15, 0.2) is 43.0 Å². The van der Waals surface area contributed by atoms with Crippen LogP contribution in [0.4, 0.5) is 20.7 Å². The van der Waals surface area contributed by atoms with E-state index in [2.05, 4.69) is 29.9 Å². The van der Waals surface area contributed by atoms with Gasteiger partial charge in [-0.1, -0.05) is 48.3 Å². The van der Waals surface area contributed by atoms with Gasteiger partial charge in [-0.05, 0) is 32.4 Å². The number of imidazole rings is 2.